The Balaban J connectivity index is 1.29. The van der Waals surface area contributed by atoms with Crippen molar-refractivity contribution in [3.8, 4) is 0 Å². The highest BCUT2D eigenvalue weighted by Gasteiger charge is 2.59. The molecule has 0 aliphatic heterocycles. The molecule has 5 nitrogen and oxygen atoms in total. The standard InChI is InChI=1S/C33H56N2O3S2/c1-22(2)7-6-8-23(3)27-11-12-28-26-10-9-24-19-25(13-15-32(24,4)29(26)14-16-33(27,28)5)38-31(37)21-40-39-20-30(36)35-18-17-34/h9,22-23,25-29H,6-8,10-21,34H2,1-5H3,(H,35,36). The van der Waals surface area contributed by atoms with Gasteiger partial charge < -0.3 is 15.8 Å². The van der Waals surface area contributed by atoms with E-state index in [0.29, 0.717) is 24.3 Å². The van der Waals surface area contributed by atoms with Crippen LogP contribution in [0.2, 0.25) is 0 Å². The van der Waals surface area contributed by atoms with Gasteiger partial charge in [-0.1, -0.05) is 87.1 Å². The molecular formula is C33H56N2O3S2. The molecule has 0 saturated heterocycles. The van der Waals surface area contributed by atoms with Gasteiger partial charge in [0.15, 0.2) is 0 Å². The summed E-state index contributed by atoms with van der Waals surface area (Å²) in [4.78, 5) is 24.2. The molecule has 0 bridgehead atoms. The SMILES string of the molecule is CC(C)CCCC(C)C1CCC2C3CC=C4CC(OC(=O)CSSCC(=O)NCCN)CCC4(C)C3CCC12C. The van der Waals surface area contributed by atoms with Crippen LogP contribution < -0.4 is 11.1 Å². The van der Waals surface area contributed by atoms with E-state index >= 15 is 0 Å². The highest BCUT2D eigenvalue weighted by Crippen LogP contribution is 2.67. The Kier molecular flexibility index (Phi) is 11.5. The fourth-order valence-electron chi connectivity index (χ4n) is 9.42. The van der Waals surface area contributed by atoms with E-state index < -0.39 is 0 Å². The average Bonchev–Trinajstić information content (AvgIpc) is 3.27. The molecule has 0 aromatic heterocycles. The van der Waals surface area contributed by atoms with Gasteiger partial charge in [-0.3, -0.25) is 9.59 Å². The summed E-state index contributed by atoms with van der Waals surface area (Å²) in [7, 11) is 2.80. The number of rotatable bonds is 13. The fourth-order valence-corrected chi connectivity index (χ4v) is 11.1. The molecule has 0 heterocycles. The number of ether oxygens (including phenoxy) is 1. The molecule has 0 spiro atoms. The molecule has 4 aliphatic rings. The van der Waals surface area contributed by atoms with Gasteiger partial charge in [-0.25, -0.2) is 0 Å². The first-order chi connectivity index (χ1) is 19.1. The molecule has 0 radical (unpaired) electrons. The molecule has 0 aromatic carbocycles. The molecule has 1 amide bonds. The average molecular weight is 593 g/mol. The fraction of sp³-hybridized carbons (Fsp3) is 0.879. The first-order valence-electron chi connectivity index (χ1n) is 16.2. The van der Waals surface area contributed by atoms with E-state index in [2.05, 4.69) is 46.0 Å². The Hall–Kier alpha value is -0.660. The Labute approximate surface area is 252 Å². The second-order valence-corrected chi connectivity index (χ2v) is 16.8. The minimum absolute atomic E-state index is 0.00164. The maximum atomic E-state index is 12.5. The number of amides is 1. The van der Waals surface area contributed by atoms with E-state index in [9.17, 15) is 9.59 Å². The summed E-state index contributed by atoms with van der Waals surface area (Å²) < 4.78 is 5.93. The van der Waals surface area contributed by atoms with Gasteiger partial charge in [0.05, 0.1) is 5.75 Å². The summed E-state index contributed by atoms with van der Waals surface area (Å²) >= 11 is 0. The third-order valence-corrected chi connectivity index (χ3v) is 13.6. The van der Waals surface area contributed by atoms with E-state index in [4.69, 9.17) is 10.5 Å². The lowest BCUT2D eigenvalue weighted by Crippen LogP contribution is -2.51. The number of carbonyl (C=O) groups excluding carboxylic acids is 2. The van der Waals surface area contributed by atoms with Gasteiger partial charge in [0.1, 0.15) is 11.9 Å². The van der Waals surface area contributed by atoms with Crippen molar-refractivity contribution >= 4 is 33.5 Å². The second kappa shape index (κ2) is 14.2. The van der Waals surface area contributed by atoms with Gasteiger partial charge >= 0.3 is 5.97 Å². The molecule has 3 N–H and O–H groups in total. The molecule has 4 rings (SSSR count). The van der Waals surface area contributed by atoms with Crippen molar-refractivity contribution in [2.45, 2.75) is 111 Å². The third kappa shape index (κ3) is 7.27. The van der Waals surface area contributed by atoms with Crippen LogP contribution in [-0.2, 0) is 14.3 Å². The molecule has 8 atom stereocenters. The number of esters is 1. The molecule has 3 fully saturated rings. The van der Waals surface area contributed by atoms with Gasteiger partial charge in [0.2, 0.25) is 5.91 Å². The van der Waals surface area contributed by atoms with E-state index in [-0.39, 0.29) is 29.1 Å². The van der Waals surface area contributed by atoms with Crippen LogP contribution in [-0.4, -0.2) is 42.6 Å². The lowest BCUT2D eigenvalue weighted by atomic mass is 9.47. The normalized spacial score (nSPS) is 35.8. The maximum Gasteiger partial charge on any atom is 0.317 e. The summed E-state index contributed by atoms with van der Waals surface area (Å²) in [6.07, 6.45) is 16.6. The predicted molar refractivity (Wildman–Crippen MR) is 170 cm³/mol. The molecule has 0 aromatic rings. The summed E-state index contributed by atoms with van der Waals surface area (Å²) in [5.74, 6) is 5.47. The van der Waals surface area contributed by atoms with E-state index in [1.807, 2.05) is 0 Å². The number of fused-ring (bicyclic) bond motifs is 5. The molecule has 7 heteroatoms. The number of nitrogens with one attached hydrogen (secondary N) is 1. The van der Waals surface area contributed by atoms with Crippen LogP contribution in [0.25, 0.3) is 0 Å². The quantitative estimate of drug-likeness (QED) is 0.100. The van der Waals surface area contributed by atoms with Crippen molar-refractivity contribution in [3.63, 3.8) is 0 Å². The Morgan fingerprint density at radius 2 is 1.82 bits per heavy atom. The van der Waals surface area contributed by atoms with Crippen LogP contribution in [0.1, 0.15) is 105 Å². The first-order valence-corrected chi connectivity index (χ1v) is 18.7. The molecular weight excluding hydrogens is 537 g/mol. The zero-order valence-electron chi connectivity index (χ0n) is 25.8. The Bertz CT molecular complexity index is 910. The number of nitrogens with two attached hydrogens (primary N) is 1. The Morgan fingerprint density at radius 1 is 1.05 bits per heavy atom. The van der Waals surface area contributed by atoms with E-state index in [0.717, 1.165) is 54.8 Å². The lowest BCUT2D eigenvalue weighted by Gasteiger charge is -2.58. The Morgan fingerprint density at radius 3 is 2.58 bits per heavy atom. The lowest BCUT2D eigenvalue weighted by molar-refractivity contribution is -0.148. The largest absolute Gasteiger partial charge is 0.461 e. The van der Waals surface area contributed by atoms with Gasteiger partial charge in [0, 0.05) is 19.5 Å². The molecule has 8 unspecified atom stereocenters. The zero-order valence-corrected chi connectivity index (χ0v) is 27.5. The van der Waals surface area contributed by atoms with Gasteiger partial charge in [-0.05, 0) is 91.3 Å². The van der Waals surface area contributed by atoms with Crippen LogP contribution >= 0.6 is 21.6 Å². The maximum absolute atomic E-state index is 12.5. The molecule has 4 aliphatic carbocycles. The van der Waals surface area contributed by atoms with Crippen LogP contribution in [0.5, 0.6) is 0 Å². The van der Waals surface area contributed by atoms with Crippen molar-refractivity contribution < 1.29 is 14.3 Å². The van der Waals surface area contributed by atoms with Gasteiger partial charge in [-0.15, -0.1) is 0 Å². The minimum Gasteiger partial charge on any atom is -0.461 e. The van der Waals surface area contributed by atoms with Crippen LogP contribution in [0.15, 0.2) is 11.6 Å². The summed E-state index contributed by atoms with van der Waals surface area (Å²) in [6, 6.07) is 0. The van der Waals surface area contributed by atoms with Crippen molar-refractivity contribution in [2.75, 3.05) is 24.6 Å². The molecule has 40 heavy (non-hydrogen) atoms. The minimum atomic E-state index is -0.157. The smallest absolute Gasteiger partial charge is 0.317 e. The summed E-state index contributed by atoms with van der Waals surface area (Å²) in [6.45, 7) is 13.4. The van der Waals surface area contributed by atoms with Gasteiger partial charge in [0.25, 0.3) is 0 Å². The van der Waals surface area contributed by atoms with Crippen LogP contribution in [0, 0.1) is 46.3 Å². The first kappa shape index (κ1) is 32.3. The molecule has 3 saturated carbocycles. The summed E-state index contributed by atoms with van der Waals surface area (Å²) in [5.41, 5.74) is 7.77. The van der Waals surface area contributed by atoms with E-state index in [1.165, 1.54) is 73.0 Å². The van der Waals surface area contributed by atoms with Gasteiger partial charge in [-0.2, -0.15) is 0 Å². The zero-order chi connectivity index (χ0) is 28.9. The van der Waals surface area contributed by atoms with Crippen molar-refractivity contribution in [1.82, 2.24) is 5.32 Å². The molecule has 228 valence electrons. The number of hydrogen-bond donors (Lipinski definition) is 2. The van der Waals surface area contributed by atoms with Crippen molar-refractivity contribution in [3.05, 3.63) is 11.6 Å². The third-order valence-electron chi connectivity index (χ3n) is 11.5. The van der Waals surface area contributed by atoms with Crippen molar-refractivity contribution in [1.29, 1.82) is 0 Å². The topological polar surface area (TPSA) is 81.4 Å². The highest BCUT2D eigenvalue weighted by molar-refractivity contribution is 8.77. The van der Waals surface area contributed by atoms with Crippen LogP contribution in [0.3, 0.4) is 0 Å². The van der Waals surface area contributed by atoms with Crippen LogP contribution in [0.4, 0.5) is 0 Å². The van der Waals surface area contributed by atoms with E-state index in [1.54, 1.807) is 5.57 Å². The highest BCUT2D eigenvalue weighted by atomic mass is 33.1. The monoisotopic (exact) mass is 592 g/mol. The predicted octanol–water partition coefficient (Wildman–Crippen LogP) is 7.40. The number of allylic oxidation sites excluding steroid dienone is 1. The number of hydrogen-bond acceptors (Lipinski definition) is 6. The summed E-state index contributed by atoms with van der Waals surface area (Å²) in [5, 5.41) is 2.75. The number of carbonyl (C=O) groups is 2. The van der Waals surface area contributed by atoms with Crippen molar-refractivity contribution in [2.24, 2.45) is 52.1 Å². The second-order valence-electron chi connectivity index (χ2n) is 14.3.